The number of Topliss-reactive ketones (excluding diaryl/α,β-unsaturated/α-hetero) is 1. The van der Waals surface area contributed by atoms with Crippen LogP contribution in [0.1, 0.15) is 80.6 Å². The van der Waals surface area contributed by atoms with E-state index >= 15 is 0 Å². The van der Waals surface area contributed by atoms with E-state index in [1.807, 2.05) is 39.8 Å². The summed E-state index contributed by atoms with van der Waals surface area (Å²) in [7, 11) is 0. The fourth-order valence-corrected chi connectivity index (χ4v) is 4.86. The largest absolute Gasteiger partial charge is 0.457 e. The minimum Gasteiger partial charge on any atom is -0.457 e. The summed E-state index contributed by atoms with van der Waals surface area (Å²) in [5, 5.41) is 21.3. The van der Waals surface area contributed by atoms with E-state index in [0.717, 1.165) is 12.0 Å². The van der Waals surface area contributed by atoms with E-state index in [-0.39, 0.29) is 55.0 Å². The van der Waals surface area contributed by atoms with Crippen molar-refractivity contribution in [3.8, 4) is 0 Å². The molecule has 2 aliphatic heterocycles. The molecule has 0 saturated carbocycles. The normalized spacial score (nSPS) is 35.4. The summed E-state index contributed by atoms with van der Waals surface area (Å²) in [6, 6.07) is 0. The van der Waals surface area contributed by atoms with Crippen LogP contribution in [0.2, 0.25) is 0 Å². The van der Waals surface area contributed by atoms with E-state index < -0.39 is 35.9 Å². The van der Waals surface area contributed by atoms with Gasteiger partial charge in [0, 0.05) is 25.2 Å². The zero-order valence-corrected chi connectivity index (χ0v) is 23.9. The van der Waals surface area contributed by atoms with E-state index in [0.29, 0.717) is 6.42 Å². The van der Waals surface area contributed by atoms with Gasteiger partial charge in [0.15, 0.2) is 0 Å². The highest BCUT2D eigenvalue weighted by atomic mass is 16.6. The molecule has 9 unspecified atom stereocenters. The highest BCUT2D eigenvalue weighted by Gasteiger charge is 2.45. The summed E-state index contributed by atoms with van der Waals surface area (Å²) in [5.74, 6) is -0.938. The van der Waals surface area contributed by atoms with Gasteiger partial charge in [-0.2, -0.15) is 0 Å². The molecule has 0 aromatic heterocycles. The Bertz CT molecular complexity index is 917. The summed E-state index contributed by atoms with van der Waals surface area (Å²) in [6.07, 6.45) is 8.35. The standard InChI is InChI=1S/C30H46O8/c1-8-24(33)21(5)29-25(37-29)16-18(2)10-9-11-19(3)28-20(4)12-13-26(36-22(6)31)30(7,35)15-14-23(32)17-27(34)38-28/h9-13,18,20-21,23,25-26,28-29,32,35H,8,14-17H2,1-7H3/b10-9+,13-12+,19-11+. The number of aliphatic hydroxyl groups excluding tert-OH is 1. The molecule has 8 heteroatoms. The molecule has 2 N–H and O–H groups in total. The van der Waals surface area contributed by atoms with Crippen LogP contribution in [0, 0.1) is 17.8 Å². The molecule has 2 aliphatic rings. The third kappa shape index (κ3) is 9.79. The Labute approximate surface area is 227 Å². The third-order valence-corrected chi connectivity index (χ3v) is 7.44. The van der Waals surface area contributed by atoms with Gasteiger partial charge >= 0.3 is 11.9 Å². The molecule has 0 aromatic carbocycles. The van der Waals surface area contributed by atoms with Crippen molar-refractivity contribution in [2.75, 3.05) is 0 Å². The Morgan fingerprint density at radius 3 is 2.58 bits per heavy atom. The quantitative estimate of drug-likeness (QED) is 0.195. The average molecular weight is 535 g/mol. The lowest BCUT2D eigenvalue weighted by Crippen LogP contribution is -2.42. The van der Waals surface area contributed by atoms with Gasteiger partial charge in [-0.15, -0.1) is 0 Å². The topological polar surface area (TPSA) is 123 Å². The number of cyclic esters (lactones) is 1. The van der Waals surface area contributed by atoms with Crippen molar-refractivity contribution in [2.45, 2.75) is 117 Å². The lowest BCUT2D eigenvalue weighted by molar-refractivity contribution is -0.157. The fraction of sp³-hybridized carbons (Fsp3) is 0.700. The van der Waals surface area contributed by atoms with E-state index in [1.165, 1.54) is 6.92 Å². The molecular formula is C30H46O8. The monoisotopic (exact) mass is 534 g/mol. The van der Waals surface area contributed by atoms with Gasteiger partial charge in [0.2, 0.25) is 0 Å². The first kappa shape index (κ1) is 31.9. The number of hydrogen-bond donors (Lipinski definition) is 2. The van der Waals surface area contributed by atoms with E-state index in [9.17, 15) is 24.6 Å². The Morgan fingerprint density at radius 2 is 1.95 bits per heavy atom. The van der Waals surface area contributed by atoms with Crippen molar-refractivity contribution < 1.29 is 38.8 Å². The molecule has 0 bridgehead atoms. The van der Waals surface area contributed by atoms with Crippen LogP contribution in [-0.4, -0.2) is 64.1 Å². The van der Waals surface area contributed by atoms with Gasteiger partial charge in [-0.1, -0.05) is 52.0 Å². The Hall–Kier alpha value is -2.29. The van der Waals surface area contributed by atoms with Gasteiger partial charge in [0.1, 0.15) is 23.6 Å². The molecule has 1 saturated heterocycles. The summed E-state index contributed by atoms with van der Waals surface area (Å²) in [4.78, 5) is 36.2. The third-order valence-electron chi connectivity index (χ3n) is 7.44. The highest BCUT2D eigenvalue weighted by molar-refractivity contribution is 5.81. The lowest BCUT2D eigenvalue weighted by atomic mass is 9.88. The summed E-state index contributed by atoms with van der Waals surface area (Å²) in [5.41, 5.74) is -0.596. The molecular weight excluding hydrogens is 488 g/mol. The molecule has 38 heavy (non-hydrogen) atoms. The van der Waals surface area contributed by atoms with Crippen LogP contribution < -0.4 is 0 Å². The van der Waals surface area contributed by atoms with Gasteiger partial charge in [-0.3, -0.25) is 14.4 Å². The SMILES string of the molecule is CCC(=O)C(C)C1OC1CC(C)/C=C/C=C(\C)C1OC(=O)CC(O)CCC(C)(O)C(OC(C)=O)/C=C/C1C. The molecule has 214 valence electrons. The van der Waals surface area contributed by atoms with Gasteiger partial charge in [0.25, 0.3) is 0 Å². The first-order valence-electron chi connectivity index (χ1n) is 13.7. The molecule has 8 nitrogen and oxygen atoms in total. The maximum Gasteiger partial charge on any atom is 0.309 e. The predicted molar refractivity (Wildman–Crippen MR) is 144 cm³/mol. The molecule has 0 aromatic rings. The number of allylic oxidation sites excluding steroid dienone is 3. The molecule has 0 spiro atoms. The van der Waals surface area contributed by atoms with Gasteiger partial charge in [0.05, 0.1) is 24.7 Å². The van der Waals surface area contributed by atoms with Gasteiger partial charge in [-0.25, -0.2) is 0 Å². The van der Waals surface area contributed by atoms with Gasteiger partial charge in [-0.05, 0) is 50.7 Å². The number of rotatable bonds is 9. The molecule has 9 atom stereocenters. The zero-order chi connectivity index (χ0) is 28.6. The van der Waals surface area contributed by atoms with Crippen molar-refractivity contribution in [1.82, 2.24) is 0 Å². The van der Waals surface area contributed by atoms with Crippen LogP contribution >= 0.6 is 0 Å². The van der Waals surface area contributed by atoms with E-state index in [4.69, 9.17) is 14.2 Å². The second-order valence-corrected chi connectivity index (χ2v) is 11.2. The van der Waals surface area contributed by atoms with E-state index in [2.05, 4.69) is 13.0 Å². The molecule has 2 rings (SSSR count). The Balaban J connectivity index is 2.13. The minimum atomic E-state index is -1.41. The number of hydrogen-bond acceptors (Lipinski definition) is 8. The summed E-state index contributed by atoms with van der Waals surface area (Å²) < 4.78 is 16.9. The first-order valence-corrected chi connectivity index (χ1v) is 13.7. The summed E-state index contributed by atoms with van der Waals surface area (Å²) >= 11 is 0. The molecule has 0 amide bonds. The Morgan fingerprint density at radius 1 is 1.26 bits per heavy atom. The Kier molecular flexibility index (Phi) is 11.9. The number of carbonyl (C=O) groups excluding carboxylic acids is 3. The second kappa shape index (κ2) is 14.2. The van der Waals surface area contributed by atoms with Crippen molar-refractivity contribution >= 4 is 17.7 Å². The number of ether oxygens (including phenoxy) is 3. The summed E-state index contributed by atoms with van der Waals surface area (Å²) in [6.45, 7) is 12.5. The average Bonchev–Trinajstić information content (AvgIpc) is 3.60. The smallest absolute Gasteiger partial charge is 0.309 e. The maximum absolute atomic E-state index is 12.6. The van der Waals surface area contributed by atoms with Gasteiger partial charge < -0.3 is 24.4 Å². The number of carbonyl (C=O) groups is 3. The van der Waals surface area contributed by atoms with Crippen LogP contribution in [0.25, 0.3) is 0 Å². The van der Waals surface area contributed by atoms with Crippen molar-refractivity contribution in [3.63, 3.8) is 0 Å². The fourth-order valence-electron chi connectivity index (χ4n) is 4.86. The molecule has 0 aliphatic carbocycles. The zero-order valence-electron chi connectivity index (χ0n) is 23.9. The van der Waals surface area contributed by atoms with Crippen LogP contribution in [0.4, 0.5) is 0 Å². The van der Waals surface area contributed by atoms with Crippen molar-refractivity contribution in [2.24, 2.45) is 17.8 Å². The first-order chi connectivity index (χ1) is 17.7. The van der Waals surface area contributed by atoms with Crippen LogP contribution in [0.15, 0.2) is 36.0 Å². The molecule has 1 fully saturated rings. The van der Waals surface area contributed by atoms with Crippen LogP contribution in [0.3, 0.4) is 0 Å². The van der Waals surface area contributed by atoms with Crippen LogP contribution in [-0.2, 0) is 28.6 Å². The van der Waals surface area contributed by atoms with Crippen molar-refractivity contribution in [3.05, 3.63) is 36.0 Å². The molecule has 0 radical (unpaired) electrons. The minimum absolute atomic E-state index is 0.00536. The highest BCUT2D eigenvalue weighted by Crippen LogP contribution is 2.35. The number of aliphatic hydroxyl groups is 2. The van der Waals surface area contributed by atoms with E-state index in [1.54, 1.807) is 19.1 Å². The lowest BCUT2D eigenvalue weighted by Gasteiger charge is -2.32. The number of epoxide rings is 1. The van der Waals surface area contributed by atoms with Crippen LogP contribution in [0.5, 0.6) is 0 Å². The predicted octanol–water partition coefficient (Wildman–Crippen LogP) is 4.23. The second-order valence-electron chi connectivity index (χ2n) is 11.2. The maximum atomic E-state index is 12.6. The number of ketones is 1. The van der Waals surface area contributed by atoms with Crippen molar-refractivity contribution in [1.29, 1.82) is 0 Å². The molecule has 2 heterocycles. The number of esters is 2.